The summed E-state index contributed by atoms with van der Waals surface area (Å²) < 4.78 is 0. The van der Waals surface area contributed by atoms with Crippen LogP contribution >= 0.6 is 11.3 Å². The van der Waals surface area contributed by atoms with Crippen molar-refractivity contribution in [1.82, 2.24) is 10.3 Å². The van der Waals surface area contributed by atoms with E-state index in [0.717, 1.165) is 24.4 Å². The predicted octanol–water partition coefficient (Wildman–Crippen LogP) is 2.80. The van der Waals surface area contributed by atoms with Gasteiger partial charge in [0.25, 0.3) is 0 Å². The molecule has 0 radical (unpaired) electrons. The van der Waals surface area contributed by atoms with Crippen LogP contribution in [0.3, 0.4) is 0 Å². The van der Waals surface area contributed by atoms with Crippen molar-refractivity contribution in [2.24, 2.45) is 11.8 Å². The lowest BCUT2D eigenvalue weighted by Gasteiger charge is -2.13. The molecule has 2 fully saturated rings. The Morgan fingerprint density at radius 1 is 1.28 bits per heavy atom. The van der Waals surface area contributed by atoms with E-state index in [-0.39, 0.29) is 0 Å². The van der Waals surface area contributed by atoms with Gasteiger partial charge in [0.05, 0.1) is 5.69 Å². The second-order valence-corrected chi connectivity index (χ2v) is 7.08. The van der Waals surface area contributed by atoms with Gasteiger partial charge in [-0.05, 0) is 31.6 Å². The second-order valence-electron chi connectivity index (χ2n) is 6.02. The third-order valence-electron chi connectivity index (χ3n) is 4.27. The Morgan fingerprint density at radius 3 is 2.56 bits per heavy atom. The van der Waals surface area contributed by atoms with Crippen molar-refractivity contribution in [3.8, 4) is 0 Å². The lowest BCUT2D eigenvalue weighted by Crippen LogP contribution is -2.19. The highest BCUT2D eigenvalue weighted by Crippen LogP contribution is 2.32. The van der Waals surface area contributed by atoms with Crippen molar-refractivity contribution in [1.29, 1.82) is 0 Å². The molecular weight excluding hydrogens is 242 g/mol. The first kappa shape index (κ1) is 12.4. The average molecular weight is 265 g/mol. The SMILES string of the molecule is Cc1nc(N2CC(C)C(C)C2)sc1CNC1CC1. The van der Waals surface area contributed by atoms with Crippen LogP contribution in [-0.2, 0) is 6.54 Å². The van der Waals surface area contributed by atoms with Crippen LogP contribution in [-0.4, -0.2) is 24.1 Å². The number of rotatable bonds is 4. The molecule has 0 aromatic carbocycles. The third kappa shape index (κ3) is 2.54. The van der Waals surface area contributed by atoms with Crippen molar-refractivity contribution in [3.05, 3.63) is 10.6 Å². The predicted molar refractivity (Wildman–Crippen MR) is 77.3 cm³/mol. The smallest absolute Gasteiger partial charge is 0.185 e. The topological polar surface area (TPSA) is 28.2 Å². The number of hydrogen-bond donors (Lipinski definition) is 1. The summed E-state index contributed by atoms with van der Waals surface area (Å²) in [5, 5.41) is 4.82. The van der Waals surface area contributed by atoms with E-state index in [1.165, 1.54) is 41.6 Å². The average Bonchev–Trinajstić information content (AvgIpc) is 3.01. The molecular formula is C14H23N3S. The van der Waals surface area contributed by atoms with Crippen LogP contribution in [0.2, 0.25) is 0 Å². The maximum absolute atomic E-state index is 4.76. The molecule has 100 valence electrons. The number of thiazole rings is 1. The van der Waals surface area contributed by atoms with Crippen LogP contribution in [0.25, 0.3) is 0 Å². The fourth-order valence-electron chi connectivity index (χ4n) is 2.52. The van der Waals surface area contributed by atoms with Gasteiger partial charge >= 0.3 is 0 Å². The number of aryl methyl sites for hydroxylation is 1. The molecule has 2 heterocycles. The monoisotopic (exact) mass is 265 g/mol. The van der Waals surface area contributed by atoms with Crippen molar-refractivity contribution < 1.29 is 0 Å². The van der Waals surface area contributed by atoms with Crippen molar-refractivity contribution in [2.45, 2.75) is 46.2 Å². The van der Waals surface area contributed by atoms with Gasteiger partial charge in [0.15, 0.2) is 5.13 Å². The van der Waals surface area contributed by atoms with Crippen molar-refractivity contribution in [2.75, 3.05) is 18.0 Å². The number of aromatic nitrogens is 1. The Balaban J connectivity index is 1.67. The van der Waals surface area contributed by atoms with E-state index < -0.39 is 0 Å². The summed E-state index contributed by atoms with van der Waals surface area (Å²) in [5.41, 5.74) is 1.22. The summed E-state index contributed by atoms with van der Waals surface area (Å²) in [7, 11) is 0. The van der Waals surface area contributed by atoms with Gasteiger partial charge in [-0.2, -0.15) is 0 Å². The number of hydrogen-bond acceptors (Lipinski definition) is 4. The molecule has 1 saturated heterocycles. The Kier molecular flexibility index (Phi) is 3.32. The molecule has 0 amide bonds. The summed E-state index contributed by atoms with van der Waals surface area (Å²) in [4.78, 5) is 8.65. The molecule has 3 rings (SSSR count). The highest BCUT2D eigenvalue weighted by molar-refractivity contribution is 7.15. The molecule has 1 aromatic rings. The van der Waals surface area contributed by atoms with Gasteiger partial charge in [-0.1, -0.05) is 13.8 Å². The summed E-state index contributed by atoms with van der Waals surface area (Å²) in [6.07, 6.45) is 2.71. The lowest BCUT2D eigenvalue weighted by molar-refractivity contribution is 0.494. The van der Waals surface area contributed by atoms with E-state index in [4.69, 9.17) is 4.98 Å². The zero-order valence-corrected chi connectivity index (χ0v) is 12.4. The maximum Gasteiger partial charge on any atom is 0.185 e. The van der Waals surface area contributed by atoms with Gasteiger partial charge in [0, 0.05) is 30.6 Å². The zero-order valence-electron chi connectivity index (χ0n) is 11.6. The van der Waals surface area contributed by atoms with Crippen molar-refractivity contribution in [3.63, 3.8) is 0 Å². The van der Waals surface area contributed by atoms with Gasteiger partial charge in [0.2, 0.25) is 0 Å². The molecule has 1 saturated carbocycles. The quantitative estimate of drug-likeness (QED) is 0.907. The molecule has 18 heavy (non-hydrogen) atoms. The van der Waals surface area contributed by atoms with Crippen LogP contribution in [0.4, 0.5) is 5.13 Å². The van der Waals surface area contributed by atoms with Crippen LogP contribution < -0.4 is 10.2 Å². The number of nitrogens with one attached hydrogen (secondary N) is 1. The molecule has 0 bridgehead atoms. The summed E-state index contributed by atoms with van der Waals surface area (Å²) >= 11 is 1.88. The Hall–Kier alpha value is -0.610. The minimum atomic E-state index is 0.779. The summed E-state index contributed by atoms with van der Waals surface area (Å²) in [6, 6.07) is 0.779. The van der Waals surface area contributed by atoms with E-state index in [0.29, 0.717) is 0 Å². The fourth-order valence-corrected chi connectivity index (χ4v) is 3.55. The molecule has 1 N–H and O–H groups in total. The molecule has 0 spiro atoms. The van der Waals surface area contributed by atoms with Gasteiger partial charge < -0.3 is 10.2 Å². The molecule has 2 atom stereocenters. The van der Waals surface area contributed by atoms with E-state index in [2.05, 4.69) is 31.0 Å². The van der Waals surface area contributed by atoms with E-state index in [1.807, 2.05) is 11.3 Å². The minimum absolute atomic E-state index is 0.779. The minimum Gasteiger partial charge on any atom is -0.348 e. The highest BCUT2D eigenvalue weighted by Gasteiger charge is 2.28. The summed E-state index contributed by atoms with van der Waals surface area (Å²) in [5.74, 6) is 1.59. The second kappa shape index (κ2) is 4.82. The molecule has 1 aromatic heterocycles. The van der Waals surface area contributed by atoms with E-state index in [1.54, 1.807) is 0 Å². The first-order valence-corrected chi connectivity index (χ1v) is 7.89. The summed E-state index contributed by atoms with van der Waals surface area (Å²) in [6.45, 7) is 10.2. The number of anilines is 1. The normalized spacial score (nSPS) is 28.1. The molecule has 2 aliphatic rings. The van der Waals surface area contributed by atoms with Crippen LogP contribution in [0, 0.1) is 18.8 Å². The number of nitrogens with zero attached hydrogens (tertiary/aromatic N) is 2. The van der Waals surface area contributed by atoms with Gasteiger partial charge in [0.1, 0.15) is 0 Å². The third-order valence-corrected chi connectivity index (χ3v) is 5.49. The Labute approximate surface area is 114 Å². The van der Waals surface area contributed by atoms with Gasteiger partial charge in [-0.15, -0.1) is 11.3 Å². The lowest BCUT2D eigenvalue weighted by atomic mass is 10.0. The standard InChI is InChI=1S/C14H23N3S/c1-9-7-17(8-10(9)2)14-16-11(3)13(18-14)6-15-12-4-5-12/h9-10,12,15H,4-8H2,1-3H3. The van der Waals surface area contributed by atoms with Crippen LogP contribution in [0.5, 0.6) is 0 Å². The molecule has 1 aliphatic heterocycles. The van der Waals surface area contributed by atoms with E-state index in [9.17, 15) is 0 Å². The fraction of sp³-hybridized carbons (Fsp3) is 0.786. The maximum atomic E-state index is 4.76. The van der Waals surface area contributed by atoms with Gasteiger partial charge in [-0.25, -0.2) is 4.98 Å². The van der Waals surface area contributed by atoms with Crippen molar-refractivity contribution >= 4 is 16.5 Å². The zero-order chi connectivity index (χ0) is 12.7. The first-order valence-electron chi connectivity index (χ1n) is 7.08. The van der Waals surface area contributed by atoms with Gasteiger partial charge in [-0.3, -0.25) is 0 Å². The Bertz CT molecular complexity index is 415. The van der Waals surface area contributed by atoms with Crippen LogP contribution in [0.1, 0.15) is 37.3 Å². The highest BCUT2D eigenvalue weighted by atomic mass is 32.1. The first-order chi connectivity index (χ1) is 8.63. The molecule has 1 aliphatic carbocycles. The van der Waals surface area contributed by atoms with E-state index >= 15 is 0 Å². The molecule has 3 nitrogen and oxygen atoms in total. The molecule has 2 unspecified atom stereocenters. The largest absolute Gasteiger partial charge is 0.348 e. The Morgan fingerprint density at radius 2 is 1.94 bits per heavy atom. The van der Waals surface area contributed by atoms with Crippen LogP contribution in [0.15, 0.2) is 0 Å². The molecule has 4 heteroatoms.